The smallest absolute Gasteiger partial charge is 0.123 e. The lowest BCUT2D eigenvalue weighted by Gasteiger charge is -2.18. The molecule has 0 amide bonds. The Labute approximate surface area is 137 Å². The molecule has 0 aliphatic heterocycles. The Morgan fingerprint density at radius 1 is 1.36 bits per heavy atom. The van der Waals surface area contributed by atoms with Crippen molar-refractivity contribution in [3.63, 3.8) is 0 Å². The number of fused-ring (bicyclic) bond motifs is 1. The molecule has 0 saturated carbocycles. The lowest BCUT2D eigenvalue weighted by Crippen LogP contribution is -2.25. The van der Waals surface area contributed by atoms with Gasteiger partial charge in [-0.2, -0.15) is 0 Å². The first-order chi connectivity index (χ1) is 10.5. The number of halogens is 1. The second-order valence-corrected chi connectivity index (χ2v) is 6.80. The molecule has 5 heteroatoms. The van der Waals surface area contributed by atoms with Crippen LogP contribution in [-0.4, -0.2) is 27.8 Å². The topological polar surface area (TPSA) is 50.1 Å². The summed E-state index contributed by atoms with van der Waals surface area (Å²) in [7, 11) is 2.03. The predicted octanol–water partition coefficient (Wildman–Crippen LogP) is 3.36. The van der Waals surface area contributed by atoms with Crippen molar-refractivity contribution in [1.82, 2.24) is 14.9 Å². The minimum absolute atomic E-state index is 0.254. The molecule has 2 rings (SSSR count). The zero-order valence-corrected chi connectivity index (χ0v) is 14.4. The van der Waals surface area contributed by atoms with Crippen molar-refractivity contribution >= 4 is 22.6 Å². The molecule has 2 N–H and O–H groups in total. The van der Waals surface area contributed by atoms with Crippen molar-refractivity contribution in [2.24, 2.45) is 18.9 Å². The Hall–Kier alpha value is -1.10. The monoisotopic (exact) mass is 323 g/mol. The summed E-state index contributed by atoms with van der Waals surface area (Å²) in [6, 6.07) is 5.79. The summed E-state index contributed by atoms with van der Waals surface area (Å²) in [4.78, 5) is 4.64. The molecular formula is C17H26ClN3O. The lowest BCUT2D eigenvalue weighted by atomic mass is 9.94. The molecule has 1 atom stereocenters. The number of imidazole rings is 1. The third kappa shape index (κ3) is 4.45. The van der Waals surface area contributed by atoms with Gasteiger partial charge < -0.3 is 15.0 Å². The second kappa shape index (κ2) is 7.95. The number of aliphatic hydroxyl groups excluding tert-OH is 1. The van der Waals surface area contributed by atoms with Gasteiger partial charge in [0.15, 0.2) is 0 Å². The van der Waals surface area contributed by atoms with Crippen LogP contribution in [0.5, 0.6) is 0 Å². The number of nitrogens with one attached hydrogen (secondary N) is 1. The largest absolute Gasteiger partial charge is 0.396 e. The number of aromatic nitrogens is 2. The summed E-state index contributed by atoms with van der Waals surface area (Å²) >= 11 is 6.02. The number of aryl methyl sites for hydroxylation is 1. The van der Waals surface area contributed by atoms with E-state index in [0.717, 1.165) is 42.8 Å². The normalized spacial score (nSPS) is 13.2. The van der Waals surface area contributed by atoms with E-state index in [1.54, 1.807) is 0 Å². The molecule has 22 heavy (non-hydrogen) atoms. The highest BCUT2D eigenvalue weighted by molar-refractivity contribution is 6.31. The first-order valence-electron chi connectivity index (χ1n) is 7.93. The zero-order chi connectivity index (χ0) is 16.1. The summed E-state index contributed by atoms with van der Waals surface area (Å²) in [6.07, 6.45) is 1.98. The molecule has 122 valence electrons. The van der Waals surface area contributed by atoms with Crippen LogP contribution in [0.2, 0.25) is 5.02 Å². The minimum atomic E-state index is 0.254. The van der Waals surface area contributed by atoms with Gasteiger partial charge in [0.2, 0.25) is 0 Å². The summed E-state index contributed by atoms with van der Waals surface area (Å²) in [5, 5.41) is 13.4. The maximum atomic E-state index is 9.17. The molecule has 1 aromatic heterocycles. The van der Waals surface area contributed by atoms with Gasteiger partial charge in [-0.3, -0.25) is 0 Å². The first kappa shape index (κ1) is 17.3. The van der Waals surface area contributed by atoms with Crippen molar-refractivity contribution in [3.05, 3.63) is 29.0 Å². The molecule has 0 spiro atoms. The minimum Gasteiger partial charge on any atom is -0.396 e. The van der Waals surface area contributed by atoms with Crippen molar-refractivity contribution in [1.29, 1.82) is 0 Å². The van der Waals surface area contributed by atoms with Gasteiger partial charge in [-0.15, -0.1) is 0 Å². The van der Waals surface area contributed by atoms with Crippen LogP contribution in [0.1, 0.15) is 32.5 Å². The molecule has 0 aliphatic rings. The number of nitrogens with zero attached hydrogens (tertiary/aromatic N) is 2. The van der Waals surface area contributed by atoms with E-state index in [4.69, 9.17) is 11.6 Å². The predicted molar refractivity (Wildman–Crippen MR) is 92.1 cm³/mol. The fraction of sp³-hybridized carbons (Fsp3) is 0.588. The molecule has 1 unspecified atom stereocenters. The first-order valence-corrected chi connectivity index (χ1v) is 8.31. The fourth-order valence-corrected chi connectivity index (χ4v) is 3.09. The van der Waals surface area contributed by atoms with Gasteiger partial charge >= 0.3 is 0 Å². The third-order valence-corrected chi connectivity index (χ3v) is 4.23. The van der Waals surface area contributed by atoms with Gasteiger partial charge in [-0.05, 0) is 49.4 Å². The van der Waals surface area contributed by atoms with E-state index >= 15 is 0 Å². The van der Waals surface area contributed by atoms with Gasteiger partial charge in [0, 0.05) is 18.7 Å². The van der Waals surface area contributed by atoms with Crippen LogP contribution < -0.4 is 5.32 Å². The van der Waals surface area contributed by atoms with Gasteiger partial charge in [0.1, 0.15) is 5.82 Å². The average Bonchev–Trinajstić information content (AvgIpc) is 2.74. The number of hydrogen-bond donors (Lipinski definition) is 2. The van der Waals surface area contributed by atoms with Crippen LogP contribution >= 0.6 is 11.6 Å². The van der Waals surface area contributed by atoms with E-state index in [9.17, 15) is 5.11 Å². The van der Waals surface area contributed by atoms with E-state index in [1.165, 1.54) is 0 Å². The molecule has 0 radical (unpaired) electrons. The summed E-state index contributed by atoms with van der Waals surface area (Å²) in [5.41, 5.74) is 2.02. The van der Waals surface area contributed by atoms with Gasteiger partial charge in [-0.25, -0.2) is 4.98 Å². The maximum absolute atomic E-state index is 9.17. The zero-order valence-electron chi connectivity index (χ0n) is 13.6. The van der Waals surface area contributed by atoms with Crippen molar-refractivity contribution in [2.75, 3.05) is 13.2 Å². The summed E-state index contributed by atoms with van der Waals surface area (Å²) in [6.45, 7) is 6.33. The number of benzene rings is 1. The third-order valence-electron chi connectivity index (χ3n) is 3.99. The highest BCUT2D eigenvalue weighted by atomic mass is 35.5. The Kier molecular flexibility index (Phi) is 6.24. The van der Waals surface area contributed by atoms with E-state index in [-0.39, 0.29) is 6.61 Å². The fourth-order valence-electron chi connectivity index (χ4n) is 2.92. The Morgan fingerprint density at radius 3 is 2.82 bits per heavy atom. The summed E-state index contributed by atoms with van der Waals surface area (Å²) < 4.78 is 2.10. The van der Waals surface area contributed by atoms with Crippen LogP contribution in [0.4, 0.5) is 0 Å². The van der Waals surface area contributed by atoms with Crippen molar-refractivity contribution in [3.8, 4) is 0 Å². The second-order valence-electron chi connectivity index (χ2n) is 6.36. The lowest BCUT2D eigenvalue weighted by molar-refractivity contribution is 0.239. The Bertz CT molecular complexity index is 609. The van der Waals surface area contributed by atoms with E-state index in [1.807, 2.05) is 25.2 Å². The average molecular weight is 324 g/mol. The maximum Gasteiger partial charge on any atom is 0.123 e. The molecule has 0 fully saturated rings. The van der Waals surface area contributed by atoms with Crippen molar-refractivity contribution < 1.29 is 5.11 Å². The van der Waals surface area contributed by atoms with Crippen LogP contribution in [0.15, 0.2) is 18.2 Å². The Balaban J connectivity index is 1.97. The number of rotatable bonds is 8. The number of hydrogen-bond acceptors (Lipinski definition) is 3. The Morgan fingerprint density at radius 2 is 2.14 bits per heavy atom. The molecule has 0 saturated heterocycles. The number of aliphatic hydroxyl groups is 1. The van der Waals surface area contributed by atoms with E-state index in [0.29, 0.717) is 16.9 Å². The van der Waals surface area contributed by atoms with Crippen molar-refractivity contribution in [2.45, 2.75) is 33.2 Å². The van der Waals surface area contributed by atoms with E-state index in [2.05, 4.69) is 28.7 Å². The molecule has 1 heterocycles. The SMILES string of the molecule is CC(C)CC(CCO)CNCc1nc2cc(Cl)ccc2n1C. The highest BCUT2D eigenvalue weighted by Crippen LogP contribution is 2.20. The molecule has 2 aromatic rings. The van der Waals surface area contributed by atoms with Crippen LogP contribution in [0.25, 0.3) is 11.0 Å². The van der Waals surface area contributed by atoms with Gasteiger partial charge in [-0.1, -0.05) is 25.4 Å². The van der Waals surface area contributed by atoms with Crippen LogP contribution in [-0.2, 0) is 13.6 Å². The standard InChI is InChI=1S/C17H26ClN3O/c1-12(2)8-13(6-7-22)10-19-11-17-20-15-9-14(18)4-5-16(15)21(17)3/h4-5,9,12-13,19,22H,6-8,10-11H2,1-3H3. The van der Waals surface area contributed by atoms with Gasteiger partial charge in [0.25, 0.3) is 0 Å². The van der Waals surface area contributed by atoms with Crippen LogP contribution in [0, 0.1) is 11.8 Å². The summed E-state index contributed by atoms with van der Waals surface area (Å²) in [5.74, 6) is 2.16. The van der Waals surface area contributed by atoms with Crippen LogP contribution in [0.3, 0.4) is 0 Å². The molecule has 0 aliphatic carbocycles. The highest BCUT2D eigenvalue weighted by Gasteiger charge is 2.12. The quantitative estimate of drug-likeness (QED) is 0.783. The molecule has 4 nitrogen and oxygen atoms in total. The van der Waals surface area contributed by atoms with Gasteiger partial charge in [0.05, 0.1) is 17.6 Å². The molecule has 1 aromatic carbocycles. The molecule has 0 bridgehead atoms. The van der Waals surface area contributed by atoms with E-state index < -0.39 is 0 Å². The molecular weight excluding hydrogens is 298 g/mol.